The Labute approximate surface area is 121 Å². The molecule has 0 radical (unpaired) electrons. The van der Waals surface area contributed by atoms with Crippen LogP contribution < -0.4 is 5.73 Å². The quantitative estimate of drug-likeness (QED) is 0.795. The molecular formula is C15H14FN5. The number of nitrogens with zero attached hydrogens (tertiary/aromatic N) is 4. The zero-order valence-corrected chi connectivity index (χ0v) is 11.3. The van der Waals surface area contributed by atoms with Crippen molar-refractivity contribution >= 4 is 0 Å². The molecule has 3 aromatic rings. The standard InChI is InChI=1S/C15H14FN5/c16-13-4-2-1-3-12(13)10-21-15(14(9-17)19-20-21)11-5-7-18-8-6-11/h1-8H,9-10,17H2. The largest absolute Gasteiger partial charge is 0.325 e. The van der Waals surface area contributed by atoms with Crippen LogP contribution in [0, 0.1) is 5.82 Å². The van der Waals surface area contributed by atoms with E-state index in [0.717, 1.165) is 11.3 Å². The van der Waals surface area contributed by atoms with Crippen molar-refractivity contribution in [3.63, 3.8) is 0 Å². The lowest BCUT2D eigenvalue weighted by atomic mass is 10.1. The van der Waals surface area contributed by atoms with Crippen molar-refractivity contribution in [3.8, 4) is 11.3 Å². The molecular weight excluding hydrogens is 269 g/mol. The predicted octanol–water partition coefficient (Wildman–Crippen LogP) is 1.99. The van der Waals surface area contributed by atoms with Gasteiger partial charge in [-0.05, 0) is 18.2 Å². The van der Waals surface area contributed by atoms with E-state index in [9.17, 15) is 4.39 Å². The Bertz CT molecular complexity index is 739. The van der Waals surface area contributed by atoms with Gasteiger partial charge in [-0.15, -0.1) is 5.10 Å². The molecule has 0 saturated heterocycles. The third-order valence-electron chi connectivity index (χ3n) is 3.23. The van der Waals surface area contributed by atoms with E-state index in [1.165, 1.54) is 6.07 Å². The normalized spacial score (nSPS) is 10.8. The molecule has 2 N–H and O–H groups in total. The minimum atomic E-state index is -0.261. The van der Waals surface area contributed by atoms with Crippen molar-refractivity contribution in [3.05, 3.63) is 65.9 Å². The Hall–Kier alpha value is -2.60. The molecule has 21 heavy (non-hydrogen) atoms. The molecule has 0 saturated carbocycles. The molecule has 0 unspecified atom stereocenters. The summed E-state index contributed by atoms with van der Waals surface area (Å²) in [6.45, 7) is 0.576. The van der Waals surface area contributed by atoms with Crippen molar-refractivity contribution < 1.29 is 4.39 Å². The number of hydrogen-bond acceptors (Lipinski definition) is 4. The van der Waals surface area contributed by atoms with E-state index in [0.29, 0.717) is 17.8 Å². The van der Waals surface area contributed by atoms with Crippen LogP contribution in [0.2, 0.25) is 0 Å². The summed E-state index contributed by atoms with van der Waals surface area (Å²) in [5, 5.41) is 8.18. The van der Waals surface area contributed by atoms with Gasteiger partial charge in [0.2, 0.25) is 0 Å². The third-order valence-corrected chi connectivity index (χ3v) is 3.23. The number of hydrogen-bond donors (Lipinski definition) is 1. The number of pyridine rings is 1. The topological polar surface area (TPSA) is 69.6 Å². The summed E-state index contributed by atoms with van der Waals surface area (Å²) in [6.07, 6.45) is 3.38. The first-order valence-electron chi connectivity index (χ1n) is 6.56. The highest BCUT2D eigenvalue weighted by Gasteiger charge is 2.15. The van der Waals surface area contributed by atoms with E-state index in [4.69, 9.17) is 5.73 Å². The molecule has 0 amide bonds. The molecule has 5 nitrogen and oxygen atoms in total. The fourth-order valence-corrected chi connectivity index (χ4v) is 2.21. The Balaban J connectivity index is 2.04. The van der Waals surface area contributed by atoms with Crippen molar-refractivity contribution in [2.45, 2.75) is 13.1 Å². The summed E-state index contributed by atoms with van der Waals surface area (Å²) >= 11 is 0. The Morgan fingerprint density at radius 3 is 2.57 bits per heavy atom. The summed E-state index contributed by atoms with van der Waals surface area (Å²) < 4.78 is 15.5. The highest BCUT2D eigenvalue weighted by Crippen LogP contribution is 2.22. The van der Waals surface area contributed by atoms with E-state index < -0.39 is 0 Å². The molecule has 1 aromatic carbocycles. The van der Waals surface area contributed by atoms with Gasteiger partial charge in [0.25, 0.3) is 0 Å². The second kappa shape index (κ2) is 5.80. The van der Waals surface area contributed by atoms with Crippen LogP contribution in [0.1, 0.15) is 11.3 Å². The molecule has 6 heteroatoms. The minimum absolute atomic E-state index is 0.261. The lowest BCUT2D eigenvalue weighted by molar-refractivity contribution is 0.579. The van der Waals surface area contributed by atoms with Gasteiger partial charge in [-0.2, -0.15) is 0 Å². The van der Waals surface area contributed by atoms with Gasteiger partial charge >= 0.3 is 0 Å². The molecule has 106 valence electrons. The molecule has 0 fully saturated rings. The highest BCUT2D eigenvalue weighted by molar-refractivity contribution is 5.61. The first kappa shape index (κ1) is 13.4. The molecule has 2 heterocycles. The van der Waals surface area contributed by atoms with Gasteiger partial charge < -0.3 is 5.73 Å². The van der Waals surface area contributed by atoms with Crippen LogP contribution in [0.25, 0.3) is 11.3 Å². The average Bonchev–Trinajstić information content (AvgIpc) is 2.93. The zero-order valence-electron chi connectivity index (χ0n) is 11.3. The molecule has 0 aliphatic carbocycles. The zero-order chi connectivity index (χ0) is 14.7. The number of halogens is 1. The second-order valence-electron chi connectivity index (χ2n) is 4.57. The summed E-state index contributed by atoms with van der Waals surface area (Å²) in [4.78, 5) is 4.00. The summed E-state index contributed by atoms with van der Waals surface area (Å²) in [5.74, 6) is -0.261. The van der Waals surface area contributed by atoms with E-state index in [1.54, 1.807) is 35.3 Å². The van der Waals surface area contributed by atoms with Gasteiger partial charge in [-0.25, -0.2) is 9.07 Å². The number of nitrogens with two attached hydrogens (primary N) is 1. The van der Waals surface area contributed by atoms with Gasteiger partial charge in [0.05, 0.1) is 12.2 Å². The van der Waals surface area contributed by atoms with Crippen molar-refractivity contribution in [2.24, 2.45) is 5.73 Å². The van der Waals surface area contributed by atoms with E-state index in [-0.39, 0.29) is 12.4 Å². The third kappa shape index (κ3) is 2.66. The van der Waals surface area contributed by atoms with Crippen LogP contribution in [-0.4, -0.2) is 20.0 Å². The van der Waals surface area contributed by atoms with E-state index >= 15 is 0 Å². The van der Waals surface area contributed by atoms with Gasteiger partial charge in [-0.1, -0.05) is 23.4 Å². The fourth-order valence-electron chi connectivity index (χ4n) is 2.21. The second-order valence-corrected chi connectivity index (χ2v) is 4.57. The van der Waals surface area contributed by atoms with Crippen molar-refractivity contribution in [1.82, 2.24) is 20.0 Å². The highest BCUT2D eigenvalue weighted by atomic mass is 19.1. The van der Waals surface area contributed by atoms with Crippen LogP contribution in [0.4, 0.5) is 4.39 Å². The van der Waals surface area contributed by atoms with Crippen molar-refractivity contribution in [1.29, 1.82) is 0 Å². The number of rotatable bonds is 4. The van der Waals surface area contributed by atoms with Crippen LogP contribution in [0.3, 0.4) is 0 Å². The number of aromatic nitrogens is 4. The minimum Gasteiger partial charge on any atom is -0.325 e. The van der Waals surface area contributed by atoms with Crippen LogP contribution in [-0.2, 0) is 13.1 Å². The average molecular weight is 283 g/mol. The summed E-state index contributed by atoms with van der Waals surface area (Å²) in [5.41, 5.74) is 8.66. The lowest BCUT2D eigenvalue weighted by Gasteiger charge is -2.08. The lowest BCUT2D eigenvalue weighted by Crippen LogP contribution is -2.07. The Kier molecular flexibility index (Phi) is 3.70. The maximum absolute atomic E-state index is 13.8. The maximum Gasteiger partial charge on any atom is 0.128 e. The number of benzene rings is 1. The molecule has 0 aliphatic heterocycles. The SMILES string of the molecule is NCc1nnn(Cc2ccccc2F)c1-c1ccncc1. The summed E-state index contributed by atoms with van der Waals surface area (Å²) in [7, 11) is 0. The van der Waals surface area contributed by atoms with Gasteiger partial charge in [0.1, 0.15) is 11.5 Å². The van der Waals surface area contributed by atoms with Crippen LogP contribution in [0.5, 0.6) is 0 Å². The van der Waals surface area contributed by atoms with E-state index in [1.807, 2.05) is 12.1 Å². The Morgan fingerprint density at radius 1 is 1.10 bits per heavy atom. The molecule has 3 rings (SSSR count). The smallest absolute Gasteiger partial charge is 0.128 e. The van der Waals surface area contributed by atoms with Crippen LogP contribution >= 0.6 is 0 Å². The summed E-state index contributed by atoms with van der Waals surface area (Å²) in [6, 6.07) is 10.3. The van der Waals surface area contributed by atoms with Gasteiger partial charge in [-0.3, -0.25) is 4.98 Å². The predicted molar refractivity (Wildman–Crippen MR) is 76.6 cm³/mol. The fraction of sp³-hybridized carbons (Fsp3) is 0.133. The van der Waals surface area contributed by atoms with Crippen molar-refractivity contribution in [2.75, 3.05) is 0 Å². The molecule has 0 atom stereocenters. The van der Waals surface area contributed by atoms with Gasteiger partial charge in [0.15, 0.2) is 0 Å². The van der Waals surface area contributed by atoms with Crippen LogP contribution in [0.15, 0.2) is 48.8 Å². The molecule has 0 aliphatic rings. The monoisotopic (exact) mass is 283 g/mol. The Morgan fingerprint density at radius 2 is 1.86 bits per heavy atom. The molecule has 0 bridgehead atoms. The maximum atomic E-state index is 13.8. The van der Waals surface area contributed by atoms with Gasteiger partial charge in [0, 0.05) is 30.1 Å². The first-order valence-corrected chi connectivity index (χ1v) is 6.56. The molecule has 2 aromatic heterocycles. The molecule has 0 spiro atoms. The first-order chi connectivity index (χ1) is 10.3. The van der Waals surface area contributed by atoms with E-state index in [2.05, 4.69) is 15.3 Å².